The molecule has 0 unspecified atom stereocenters. The van der Waals surface area contributed by atoms with Crippen molar-refractivity contribution in [1.29, 1.82) is 0 Å². The van der Waals surface area contributed by atoms with Crippen molar-refractivity contribution in [1.82, 2.24) is 8.75 Å². The highest BCUT2D eigenvalue weighted by molar-refractivity contribution is 7.32. The number of hydrogen-bond donors (Lipinski definition) is 0. The Kier molecular flexibility index (Phi) is 40.3. The van der Waals surface area contributed by atoms with Crippen LogP contribution in [0.3, 0.4) is 0 Å². The molecule has 2 aromatic carbocycles. The summed E-state index contributed by atoms with van der Waals surface area (Å²) in [7, 11) is 0. The van der Waals surface area contributed by atoms with Crippen LogP contribution in [0.2, 0.25) is 0 Å². The van der Waals surface area contributed by atoms with Gasteiger partial charge in [0, 0.05) is 128 Å². The molecule has 0 bridgehead atoms. The monoisotopic (exact) mass is 1970 g/mol. The smallest absolute Gasteiger partial charge is 0.115 e. The van der Waals surface area contributed by atoms with Crippen LogP contribution in [-0.4, -0.2) is 8.75 Å². The number of nitrogens with zero attached hydrogens (tertiary/aromatic N) is 2. The van der Waals surface area contributed by atoms with Gasteiger partial charge in [-0.15, -0.1) is 149 Å². The zero-order valence-electron chi connectivity index (χ0n) is 79.8. The molecule has 15 rings (SSSR count). The molecule has 2 nitrogen and oxygen atoms in total. The molecule has 131 heavy (non-hydrogen) atoms. The highest BCUT2D eigenvalue weighted by atomic mass is 32.2. The summed E-state index contributed by atoms with van der Waals surface area (Å²) in [6.07, 6.45) is 67.6. The second-order valence-electron chi connectivity index (χ2n) is 36.2. The van der Waals surface area contributed by atoms with E-state index in [2.05, 4.69) is 215 Å². The first-order valence-electron chi connectivity index (χ1n) is 49.9. The van der Waals surface area contributed by atoms with Crippen molar-refractivity contribution in [2.75, 3.05) is 0 Å². The average molecular weight is 1980 g/mol. The van der Waals surface area contributed by atoms with Crippen LogP contribution in [0.4, 0.5) is 0 Å². The molecule has 0 fully saturated rings. The minimum atomic E-state index is 0.726. The fourth-order valence-electron chi connectivity index (χ4n) is 18.3. The number of aromatic nitrogens is 2. The van der Waals surface area contributed by atoms with E-state index in [0.717, 1.165) is 62.3 Å². The standard InChI is InChI=1S/C76H88N2S9.C40H50S4/c1-9-15-19-23-27-31-35-53-48-67(80-52(53)8)59-39-42-62(81-59)70-57(13-5)58(14-6)71(73-72(70)77-87-78-73)63-43-40-60(82-63)68-49-55(37-33-29-25-21-17-11-3)75(85-68)65-45-46-66(84-65)76-56(38-34-30-26-22-18-12-4)50-69(86-76)61-41-44-64(83-61)74-54(47-51(7)79-74)36-32-28-24-20-16-10-2;1-5-7-9-11-13-15-19-32-27-37(31-21-17-18-29(3)26-31)43-40(32)36-25-24-34(42-36)38-28-33(20-16-14-12-10-8-6-2)39(44-38)35-23-22-30(4)41-35/h5-6,39-50H,9-12,15-38H2,1-4,7-8H3;17-18,21-28H,5-16,19-20H2,1-4H3. The Morgan fingerprint density at radius 1 is 0.237 bits per heavy atom. The van der Waals surface area contributed by atoms with E-state index in [-0.39, 0.29) is 0 Å². The number of thiophene rings is 12. The van der Waals surface area contributed by atoms with Crippen LogP contribution in [-0.2, 0) is 38.5 Å². The third kappa shape index (κ3) is 27.2. The predicted molar refractivity (Wildman–Crippen MR) is 601 cm³/mol. The minimum absolute atomic E-state index is 0.726. The number of rotatable bonds is 54. The Hall–Kier alpha value is -6.22. The summed E-state index contributed by atoms with van der Waals surface area (Å²) in [5.74, 6) is 6.19. The first-order chi connectivity index (χ1) is 64.3. The van der Waals surface area contributed by atoms with Gasteiger partial charge in [-0.05, 0) is 253 Å². The van der Waals surface area contributed by atoms with Gasteiger partial charge in [0.1, 0.15) is 11.0 Å². The third-order valence-corrected chi connectivity index (χ3v) is 41.3. The van der Waals surface area contributed by atoms with E-state index in [1.807, 2.05) is 113 Å². The molecule has 0 aliphatic heterocycles. The van der Waals surface area contributed by atoms with E-state index in [9.17, 15) is 0 Å². The molecule has 0 spiro atoms. The summed E-state index contributed by atoms with van der Waals surface area (Å²) < 4.78 is 9.98. The number of hydrogen-bond acceptors (Lipinski definition) is 15. The molecule has 15 aromatic rings. The van der Waals surface area contributed by atoms with Crippen molar-refractivity contribution in [3.05, 3.63) is 198 Å². The highest BCUT2D eigenvalue weighted by Gasteiger charge is 2.28. The van der Waals surface area contributed by atoms with Crippen molar-refractivity contribution < 1.29 is 0 Å². The summed E-state index contributed by atoms with van der Waals surface area (Å²) >= 11 is 24.7. The minimum Gasteiger partial charge on any atom is -0.172 e. The van der Waals surface area contributed by atoms with Crippen LogP contribution in [0.25, 0.3) is 130 Å². The van der Waals surface area contributed by atoms with Crippen LogP contribution in [0.15, 0.2) is 133 Å². The molecule has 0 amide bonds. The Morgan fingerprint density at radius 3 is 0.878 bits per heavy atom. The fraction of sp³-hybridized carbons (Fsp3) is 0.448. The van der Waals surface area contributed by atoms with Crippen LogP contribution in [0.5, 0.6) is 0 Å². The van der Waals surface area contributed by atoms with Crippen LogP contribution in [0, 0.1) is 52.4 Å². The lowest BCUT2D eigenvalue weighted by Crippen LogP contribution is -1.95. The first kappa shape index (κ1) is 101. The molecule has 690 valence electrons. The maximum Gasteiger partial charge on any atom is 0.115 e. The van der Waals surface area contributed by atoms with Crippen molar-refractivity contribution in [3.8, 4) is 144 Å². The molecule has 0 saturated heterocycles. The second-order valence-corrected chi connectivity index (χ2v) is 50.2. The molecule has 15 heteroatoms. The largest absolute Gasteiger partial charge is 0.172 e. The van der Waals surface area contributed by atoms with Crippen molar-refractivity contribution in [2.45, 2.75) is 339 Å². The lowest BCUT2D eigenvalue weighted by molar-refractivity contribution is 0.607. The molecule has 0 radical (unpaired) electrons. The Balaban J connectivity index is 0.000000262. The highest BCUT2D eigenvalue weighted by Crippen LogP contribution is 2.54. The maximum absolute atomic E-state index is 6.56. The third-order valence-electron chi connectivity index (χ3n) is 25.6. The maximum atomic E-state index is 6.56. The topological polar surface area (TPSA) is 25.8 Å². The molecule has 0 aliphatic carbocycles. The molecule has 0 saturated carbocycles. The number of benzene rings is 2. The Bertz CT molecular complexity index is 6100. The van der Waals surface area contributed by atoms with E-state index < -0.39 is 0 Å². The van der Waals surface area contributed by atoms with Crippen LogP contribution in [0.1, 0.15) is 337 Å². The van der Waals surface area contributed by atoms with Gasteiger partial charge in [0.2, 0.25) is 0 Å². The number of unbranched alkanes of at least 4 members (excludes halogenated alkanes) is 30. The fourth-order valence-corrected chi connectivity index (χ4v) is 32.9. The van der Waals surface area contributed by atoms with Crippen LogP contribution >= 0.6 is 148 Å². The van der Waals surface area contributed by atoms with E-state index >= 15 is 0 Å². The van der Waals surface area contributed by atoms with Gasteiger partial charge in [0.15, 0.2) is 0 Å². The molecular weight excluding hydrogens is 1840 g/mol. The summed E-state index contributed by atoms with van der Waals surface area (Å²) in [4.78, 5) is 33.1. The van der Waals surface area contributed by atoms with Crippen molar-refractivity contribution in [3.63, 3.8) is 0 Å². The predicted octanol–water partition coefficient (Wildman–Crippen LogP) is 42.7. The van der Waals surface area contributed by atoms with Crippen molar-refractivity contribution >= 4 is 159 Å². The Labute approximate surface area is 839 Å². The van der Waals surface area contributed by atoms with Crippen LogP contribution < -0.4 is 0 Å². The van der Waals surface area contributed by atoms with Gasteiger partial charge in [0.25, 0.3) is 0 Å². The van der Waals surface area contributed by atoms with Crippen molar-refractivity contribution in [2.24, 2.45) is 0 Å². The quantitative estimate of drug-likeness (QED) is 0.0280. The molecule has 0 aliphatic rings. The normalized spacial score (nSPS) is 11.6. The number of aryl methyl sites for hydroxylation is 10. The second kappa shape index (κ2) is 52.4. The lowest BCUT2D eigenvalue weighted by atomic mass is 9.92. The molecular formula is C116H138N2S13. The number of fused-ring (bicyclic) bond motifs is 1. The first-order valence-corrected chi connectivity index (χ1v) is 60.4. The van der Waals surface area contributed by atoms with Gasteiger partial charge < -0.3 is 0 Å². The van der Waals surface area contributed by atoms with E-state index in [0.29, 0.717) is 0 Å². The zero-order chi connectivity index (χ0) is 91.2. The summed E-state index contributed by atoms with van der Waals surface area (Å²) in [5, 5.41) is 0. The Morgan fingerprint density at radius 2 is 0.519 bits per heavy atom. The van der Waals surface area contributed by atoms with E-state index in [4.69, 9.17) is 21.6 Å². The van der Waals surface area contributed by atoms with Gasteiger partial charge in [-0.1, -0.05) is 276 Å². The average Bonchev–Trinajstić information content (AvgIpc) is 1.64. The van der Waals surface area contributed by atoms with Gasteiger partial charge in [-0.2, -0.15) is 8.75 Å². The number of terminal acetylenes is 2. The van der Waals surface area contributed by atoms with E-state index in [1.165, 1.54) is 397 Å². The summed E-state index contributed by atoms with van der Waals surface area (Å²) in [5.41, 5.74) is 16.8. The summed E-state index contributed by atoms with van der Waals surface area (Å²) in [6.45, 7) is 22.8. The SMILES string of the molecule is C#Cc1c(C#C)c(-c2ccc(-c3cc(CCCCCCCC)c(-c4ccc(-c5sc(-c6ccc(-c7sc(C)cc7CCCCCCCC)s6)cc5CCCCCCCC)s4)s3)s2)c2nsnc2c1-c1ccc(-c2cc(CCCCCCCC)c(C)s2)s1.CCCCCCCCc1cc(-c2cccc(C)c2)sc1-c1ccc(-c2cc(CCCCCCCC)c(-c3ccc(C)s3)s2)s1. The zero-order valence-corrected chi connectivity index (χ0v) is 90.4. The van der Waals surface area contributed by atoms with Gasteiger partial charge in [-0.25, -0.2) is 0 Å². The van der Waals surface area contributed by atoms with Gasteiger partial charge >= 0.3 is 0 Å². The van der Waals surface area contributed by atoms with Gasteiger partial charge in [0.05, 0.1) is 22.9 Å². The molecule has 13 aromatic heterocycles. The van der Waals surface area contributed by atoms with Gasteiger partial charge in [-0.3, -0.25) is 0 Å². The van der Waals surface area contributed by atoms with E-state index in [1.54, 1.807) is 39.4 Å². The molecule has 0 N–H and O–H groups in total. The summed E-state index contributed by atoms with van der Waals surface area (Å²) in [6, 6.07) is 52.1. The molecule has 0 atom stereocenters. The molecule has 13 heterocycles. The lowest BCUT2D eigenvalue weighted by Gasteiger charge is -2.11.